The van der Waals surface area contributed by atoms with E-state index in [-0.39, 0.29) is 32.3 Å². The maximum absolute atomic E-state index is 7.09. The molecule has 164 valence electrons. The van der Waals surface area contributed by atoms with E-state index in [1.165, 1.54) is 10.7 Å². The quantitative estimate of drug-likeness (QED) is 0.329. The first-order chi connectivity index (χ1) is 14.7. The first-order valence-electron chi connectivity index (χ1n) is 9.85. The molecule has 0 aliphatic carbocycles. The van der Waals surface area contributed by atoms with Gasteiger partial charge in [0, 0.05) is 23.1 Å². The van der Waals surface area contributed by atoms with Crippen LogP contribution in [-0.4, -0.2) is 34.5 Å². The summed E-state index contributed by atoms with van der Waals surface area (Å²) in [6, 6.07) is 13.0. The van der Waals surface area contributed by atoms with Gasteiger partial charge in [0.2, 0.25) is 0 Å². The molecule has 4 heterocycles. The van der Waals surface area contributed by atoms with Crippen molar-refractivity contribution in [2.24, 2.45) is 0 Å². The van der Waals surface area contributed by atoms with Crippen LogP contribution in [0.1, 0.15) is 51.8 Å². The summed E-state index contributed by atoms with van der Waals surface area (Å²) in [7, 11) is 0. The van der Waals surface area contributed by atoms with Gasteiger partial charge >= 0.3 is 26.9 Å². The van der Waals surface area contributed by atoms with Crippen LogP contribution in [0.3, 0.4) is 0 Å². The smallest absolute Gasteiger partial charge is 0.349 e. The molecule has 0 bridgehead atoms. The summed E-state index contributed by atoms with van der Waals surface area (Å²) in [5.74, 6) is 2.23. The summed E-state index contributed by atoms with van der Waals surface area (Å²) in [6.07, 6.45) is 5.85. The minimum absolute atomic E-state index is 0. The van der Waals surface area contributed by atoms with E-state index >= 15 is 0 Å². The van der Waals surface area contributed by atoms with E-state index < -0.39 is 5.41 Å². The van der Waals surface area contributed by atoms with Gasteiger partial charge in [0.25, 0.3) is 0 Å². The van der Waals surface area contributed by atoms with E-state index in [0.29, 0.717) is 17.5 Å². The Labute approximate surface area is 201 Å². The Morgan fingerprint density at radius 1 is 0.875 bits per heavy atom. The maximum Gasteiger partial charge on any atom is 2.00 e. The standard InChI is InChI=1S/C23H22N8.Pt/c1-22(2,3)21-25-15-31(29-21)20-12-8-10-17(27-20)23(4,5)16-9-7-11-19(26-16)30-14-13-18(24-6)28-30;/h7-13H,1-5H3;/q-2;+2. The first kappa shape index (κ1) is 23.5. The van der Waals surface area contributed by atoms with Crippen LogP contribution in [-0.2, 0) is 31.9 Å². The average Bonchev–Trinajstić information content (AvgIpc) is 3.44. The molecule has 0 atom stereocenters. The number of hydrogen-bond acceptors (Lipinski definition) is 5. The Kier molecular flexibility index (Phi) is 6.43. The molecule has 0 fully saturated rings. The molecular formula is C23H22N8Pt. The molecule has 0 radical (unpaired) electrons. The summed E-state index contributed by atoms with van der Waals surface area (Å²) in [4.78, 5) is 17.2. The predicted octanol–water partition coefficient (Wildman–Crippen LogP) is 4.02. The topological polar surface area (TPSA) is 78.7 Å². The Bertz CT molecular complexity index is 1270. The molecule has 4 aromatic rings. The minimum atomic E-state index is -0.491. The van der Waals surface area contributed by atoms with Crippen molar-refractivity contribution in [2.45, 2.75) is 45.4 Å². The molecule has 0 aliphatic heterocycles. The van der Waals surface area contributed by atoms with E-state index in [4.69, 9.17) is 16.5 Å². The number of aromatic nitrogens is 7. The van der Waals surface area contributed by atoms with E-state index in [0.717, 1.165) is 11.4 Å². The van der Waals surface area contributed by atoms with Crippen LogP contribution in [0.15, 0.2) is 42.5 Å². The van der Waals surface area contributed by atoms with Gasteiger partial charge in [0.1, 0.15) is 0 Å². The fourth-order valence-electron chi connectivity index (χ4n) is 3.02. The van der Waals surface area contributed by atoms with E-state index in [9.17, 15) is 0 Å². The van der Waals surface area contributed by atoms with Crippen LogP contribution in [0.5, 0.6) is 0 Å². The Balaban J connectivity index is 0.00000289. The molecule has 0 aliphatic rings. The van der Waals surface area contributed by atoms with Crippen molar-refractivity contribution in [1.82, 2.24) is 34.5 Å². The van der Waals surface area contributed by atoms with Gasteiger partial charge in [0.05, 0.1) is 17.5 Å². The van der Waals surface area contributed by atoms with Crippen molar-refractivity contribution in [3.8, 4) is 11.6 Å². The fourth-order valence-corrected chi connectivity index (χ4v) is 3.02. The molecule has 9 heteroatoms. The monoisotopic (exact) mass is 605 g/mol. The van der Waals surface area contributed by atoms with Crippen molar-refractivity contribution < 1.29 is 21.1 Å². The molecule has 0 unspecified atom stereocenters. The van der Waals surface area contributed by atoms with Crippen molar-refractivity contribution in [3.63, 3.8) is 0 Å². The van der Waals surface area contributed by atoms with Crippen LogP contribution in [0.2, 0.25) is 0 Å². The molecule has 0 aromatic carbocycles. The summed E-state index contributed by atoms with van der Waals surface area (Å²) in [5, 5.41) is 8.72. The van der Waals surface area contributed by atoms with E-state index in [1.807, 2.05) is 36.4 Å². The summed E-state index contributed by atoms with van der Waals surface area (Å²) >= 11 is 0. The zero-order valence-corrected chi connectivity index (χ0v) is 20.7. The Morgan fingerprint density at radius 2 is 1.47 bits per heavy atom. The summed E-state index contributed by atoms with van der Waals surface area (Å²) < 4.78 is 3.06. The molecule has 0 N–H and O–H groups in total. The second-order valence-corrected chi connectivity index (χ2v) is 8.74. The number of rotatable bonds is 4. The molecule has 32 heavy (non-hydrogen) atoms. The normalized spacial score (nSPS) is 11.6. The third-order valence-electron chi connectivity index (χ3n) is 4.93. The Hall–Kier alpha value is -3.17. The van der Waals surface area contributed by atoms with Gasteiger partial charge in [-0.3, -0.25) is 9.97 Å². The Morgan fingerprint density at radius 3 is 1.97 bits per heavy atom. The van der Waals surface area contributed by atoms with Gasteiger partial charge in [-0.25, -0.2) is 9.78 Å². The number of hydrogen-bond donors (Lipinski definition) is 0. The molecular weight excluding hydrogens is 583 g/mol. The van der Waals surface area contributed by atoms with Crippen molar-refractivity contribution in [1.29, 1.82) is 0 Å². The van der Waals surface area contributed by atoms with Crippen LogP contribution < -0.4 is 0 Å². The van der Waals surface area contributed by atoms with Crippen LogP contribution in [0.25, 0.3) is 16.5 Å². The molecule has 8 nitrogen and oxygen atoms in total. The van der Waals surface area contributed by atoms with Crippen molar-refractivity contribution in [2.75, 3.05) is 0 Å². The molecule has 0 saturated carbocycles. The number of nitrogens with zero attached hydrogens (tertiary/aromatic N) is 8. The zero-order valence-electron chi connectivity index (χ0n) is 18.4. The van der Waals surface area contributed by atoms with Gasteiger partial charge < -0.3 is 14.5 Å². The molecule has 0 amide bonds. The van der Waals surface area contributed by atoms with Crippen molar-refractivity contribution >= 4 is 5.82 Å². The molecule has 4 aromatic heterocycles. The van der Waals surface area contributed by atoms with Gasteiger partial charge in [-0.05, 0) is 48.8 Å². The average molecular weight is 606 g/mol. The summed E-state index contributed by atoms with van der Waals surface area (Å²) in [5.41, 5.74) is 0.998. The van der Waals surface area contributed by atoms with Crippen LogP contribution >= 0.6 is 0 Å². The van der Waals surface area contributed by atoms with Gasteiger partial charge in [-0.1, -0.05) is 51.6 Å². The van der Waals surface area contributed by atoms with Gasteiger partial charge in [0.15, 0.2) is 0 Å². The molecule has 0 spiro atoms. The minimum Gasteiger partial charge on any atom is -0.349 e. The maximum atomic E-state index is 7.09. The van der Waals surface area contributed by atoms with Crippen LogP contribution in [0.4, 0.5) is 5.82 Å². The molecule has 4 rings (SSSR count). The SMILES string of the molecule is [C-]#[N+]c1c[c-]n(-c2cccc(C(C)(C)c3cccc(-n4[c-]nc(C(C)(C)C)n4)n3)n2)n1.[Pt+2]. The largest absolute Gasteiger partial charge is 2.00 e. The second kappa shape index (κ2) is 8.76. The van der Waals surface area contributed by atoms with Crippen molar-refractivity contribution in [3.05, 3.63) is 83.6 Å². The summed E-state index contributed by atoms with van der Waals surface area (Å²) in [6.45, 7) is 17.4. The van der Waals surface area contributed by atoms with E-state index in [1.54, 1.807) is 4.68 Å². The van der Waals surface area contributed by atoms with Gasteiger partial charge in [-0.2, -0.15) is 0 Å². The second-order valence-electron chi connectivity index (χ2n) is 8.74. The number of pyridine rings is 2. The van der Waals surface area contributed by atoms with E-state index in [2.05, 4.69) is 67.2 Å². The molecule has 0 saturated heterocycles. The van der Waals surface area contributed by atoms with Gasteiger partial charge in [-0.15, -0.1) is 0 Å². The van der Waals surface area contributed by atoms with Crippen LogP contribution in [0, 0.1) is 19.1 Å². The first-order valence-corrected chi connectivity index (χ1v) is 9.85. The third-order valence-corrected chi connectivity index (χ3v) is 4.93. The zero-order chi connectivity index (χ0) is 22.2. The fraction of sp³-hybridized carbons (Fsp3) is 0.304. The third kappa shape index (κ3) is 4.53. The predicted molar refractivity (Wildman–Crippen MR) is 115 cm³/mol.